The number of carbonyl (C=O) groups is 2. The van der Waals surface area contributed by atoms with Gasteiger partial charge in [0.15, 0.2) is 11.2 Å². The minimum absolute atomic E-state index is 0. The molecule has 2 aliphatic heterocycles. The summed E-state index contributed by atoms with van der Waals surface area (Å²) in [5.74, 6) is -2.86. The second-order valence-corrected chi connectivity index (χ2v) is 6.98. The first-order valence-corrected chi connectivity index (χ1v) is 8.73. The van der Waals surface area contributed by atoms with Crippen molar-refractivity contribution in [2.75, 3.05) is 46.8 Å². The van der Waals surface area contributed by atoms with Gasteiger partial charge < -0.3 is 45.2 Å². The SMILES string of the molecule is C.COC(=O)[C@]1([C@H](C)C(CO)CO)CO1.C[C@H](C(CO)CO)[C@@]1(C(=O)O)CO1.[Li+].[OH-]. The quantitative estimate of drug-likeness (QED) is 0.127. The van der Waals surface area contributed by atoms with Crippen molar-refractivity contribution in [3.63, 3.8) is 0 Å². The molecule has 0 radical (unpaired) electrons. The molecule has 0 bridgehead atoms. The van der Waals surface area contributed by atoms with Crippen LogP contribution in [0, 0.1) is 23.7 Å². The van der Waals surface area contributed by atoms with E-state index in [1.54, 1.807) is 13.8 Å². The molecule has 0 aromatic carbocycles. The molecule has 2 saturated heterocycles. The van der Waals surface area contributed by atoms with E-state index < -0.39 is 29.1 Å². The molecule has 0 aromatic rings. The summed E-state index contributed by atoms with van der Waals surface area (Å²) in [6.45, 7) is 3.11. The number of aliphatic carboxylic acids is 1. The topological polar surface area (TPSA) is 200 Å². The van der Waals surface area contributed by atoms with Crippen LogP contribution in [0.25, 0.3) is 0 Å². The van der Waals surface area contributed by atoms with Crippen LogP contribution in [0.2, 0.25) is 0 Å². The molecule has 0 saturated carbocycles. The second-order valence-electron chi connectivity index (χ2n) is 6.98. The third-order valence-corrected chi connectivity index (χ3v) is 5.63. The second kappa shape index (κ2) is 14.3. The maximum absolute atomic E-state index is 11.4. The zero-order valence-electron chi connectivity index (χ0n) is 17.3. The van der Waals surface area contributed by atoms with Crippen LogP contribution < -0.4 is 18.9 Å². The molecule has 0 aromatic heterocycles. The summed E-state index contributed by atoms with van der Waals surface area (Å²) in [7, 11) is 1.30. The van der Waals surface area contributed by atoms with Crippen molar-refractivity contribution in [2.45, 2.75) is 32.5 Å². The summed E-state index contributed by atoms with van der Waals surface area (Å²) in [6.07, 6.45) is 0. The first kappa shape index (κ1) is 33.9. The number of hydrogen-bond acceptors (Lipinski definition) is 10. The van der Waals surface area contributed by atoms with Crippen molar-refractivity contribution in [1.82, 2.24) is 0 Å². The van der Waals surface area contributed by atoms with Crippen LogP contribution in [0.4, 0.5) is 0 Å². The molecule has 0 aliphatic carbocycles. The number of aliphatic hydroxyl groups excluding tert-OH is 4. The Morgan fingerprint density at radius 3 is 1.40 bits per heavy atom. The van der Waals surface area contributed by atoms with Gasteiger partial charge >= 0.3 is 30.8 Å². The molecule has 0 amide bonds. The van der Waals surface area contributed by atoms with Crippen molar-refractivity contribution >= 4 is 11.9 Å². The summed E-state index contributed by atoms with van der Waals surface area (Å²) in [5, 5.41) is 44.5. The number of carboxylic acids is 1. The van der Waals surface area contributed by atoms with Gasteiger partial charge in [-0.1, -0.05) is 21.3 Å². The summed E-state index contributed by atoms with van der Waals surface area (Å²) in [4.78, 5) is 22.1. The molecule has 30 heavy (non-hydrogen) atoms. The Labute approximate surface area is 188 Å². The van der Waals surface area contributed by atoms with Gasteiger partial charge in [0.1, 0.15) is 0 Å². The van der Waals surface area contributed by atoms with E-state index in [1.165, 1.54) is 7.11 Å². The van der Waals surface area contributed by atoms with Crippen LogP contribution in [-0.4, -0.2) is 101 Å². The first-order valence-electron chi connectivity index (χ1n) is 8.73. The van der Waals surface area contributed by atoms with Gasteiger partial charge in [-0.05, 0) is 0 Å². The Kier molecular flexibility index (Phi) is 16.2. The van der Waals surface area contributed by atoms with E-state index in [2.05, 4.69) is 4.74 Å². The molecule has 12 heteroatoms. The molecule has 6 N–H and O–H groups in total. The minimum atomic E-state index is -1.17. The first-order chi connectivity index (χ1) is 12.7. The van der Waals surface area contributed by atoms with Crippen LogP contribution in [0.5, 0.6) is 0 Å². The molecular weight excluding hydrogens is 399 g/mol. The van der Waals surface area contributed by atoms with Crippen LogP contribution in [0.3, 0.4) is 0 Å². The maximum Gasteiger partial charge on any atom is 1.00 e. The van der Waals surface area contributed by atoms with Crippen LogP contribution in [0.15, 0.2) is 0 Å². The summed E-state index contributed by atoms with van der Waals surface area (Å²) < 4.78 is 14.6. The Hall–Kier alpha value is -0.743. The average molecular weight is 434 g/mol. The number of ether oxygens (including phenoxy) is 3. The van der Waals surface area contributed by atoms with Crippen LogP contribution >= 0.6 is 0 Å². The van der Waals surface area contributed by atoms with Crippen molar-refractivity contribution in [3.05, 3.63) is 0 Å². The molecular formula is C18H35LiO11. The molecule has 4 atom stereocenters. The van der Waals surface area contributed by atoms with Gasteiger partial charge in [0.2, 0.25) is 0 Å². The molecule has 0 spiro atoms. The van der Waals surface area contributed by atoms with Gasteiger partial charge in [-0.15, -0.1) is 0 Å². The third kappa shape index (κ3) is 7.15. The molecule has 2 aliphatic rings. The fourth-order valence-corrected chi connectivity index (χ4v) is 2.99. The monoisotopic (exact) mass is 434 g/mol. The van der Waals surface area contributed by atoms with Gasteiger partial charge in [0.25, 0.3) is 0 Å². The van der Waals surface area contributed by atoms with E-state index in [0.717, 1.165) is 0 Å². The number of hydrogen-bond donors (Lipinski definition) is 5. The van der Waals surface area contributed by atoms with E-state index in [1.807, 2.05) is 0 Å². The predicted octanol–water partition coefficient (Wildman–Crippen LogP) is -4.29. The fourth-order valence-electron chi connectivity index (χ4n) is 2.99. The van der Waals surface area contributed by atoms with Crippen molar-refractivity contribution in [1.29, 1.82) is 0 Å². The molecule has 2 heterocycles. The van der Waals surface area contributed by atoms with E-state index in [4.69, 9.17) is 35.0 Å². The van der Waals surface area contributed by atoms with Crippen molar-refractivity contribution in [2.24, 2.45) is 23.7 Å². The Morgan fingerprint density at radius 2 is 1.20 bits per heavy atom. The van der Waals surface area contributed by atoms with E-state index >= 15 is 0 Å². The minimum Gasteiger partial charge on any atom is -0.870 e. The van der Waals surface area contributed by atoms with Gasteiger partial charge in [0, 0.05) is 50.1 Å². The zero-order chi connectivity index (χ0) is 20.8. The number of methoxy groups -OCH3 is 1. The summed E-state index contributed by atoms with van der Waals surface area (Å²) in [6, 6.07) is 0. The predicted molar refractivity (Wildman–Crippen MR) is 99.3 cm³/mol. The number of carboxylic acid groups (broad SMARTS) is 1. The van der Waals surface area contributed by atoms with E-state index in [-0.39, 0.29) is 82.6 Å². The fraction of sp³-hybridized carbons (Fsp3) is 0.889. The Balaban J connectivity index is -0.000000443. The van der Waals surface area contributed by atoms with Gasteiger partial charge in [0.05, 0.1) is 20.3 Å². The standard InChI is InChI=1S/C9H16O5.C8H14O5.CH4.Li.H2O/c1-6(7(3-10)4-11)9(5-14-9)8(12)13-2;1-5(6(2-9)3-10)8(4-13-8)7(11)12;;;/h6-7,10-11H,3-5H2,1-2H3;5-6,9-10H,2-4H2,1H3,(H,11,12);1H4;;1H2/q;;;+1;/p-1/t6-,9-;5-,8-;;;/m11.../s1. The molecule has 174 valence electrons. The van der Waals surface area contributed by atoms with E-state index in [9.17, 15) is 9.59 Å². The number of aliphatic hydroxyl groups is 4. The number of esters is 1. The van der Waals surface area contributed by atoms with Crippen LogP contribution in [0.1, 0.15) is 21.3 Å². The van der Waals surface area contributed by atoms with Gasteiger partial charge in [-0.3, -0.25) is 0 Å². The Bertz CT molecular complexity index is 500. The van der Waals surface area contributed by atoms with Crippen molar-refractivity contribution < 1.29 is 73.7 Å². The maximum atomic E-state index is 11.4. The number of epoxide rings is 2. The molecule has 0 unspecified atom stereocenters. The number of carbonyl (C=O) groups excluding carboxylic acids is 1. The smallest absolute Gasteiger partial charge is 0.870 e. The molecule has 2 rings (SSSR count). The van der Waals surface area contributed by atoms with Crippen LogP contribution in [-0.2, 0) is 23.8 Å². The summed E-state index contributed by atoms with van der Waals surface area (Å²) in [5.41, 5.74) is -2.11. The largest absolute Gasteiger partial charge is 1.00 e. The molecule has 2 fully saturated rings. The zero-order valence-corrected chi connectivity index (χ0v) is 17.3. The summed E-state index contributed by atoms with van der Waals surface area (Å²) >= 11 is 0. The number of rotatable bonds is 10. The average Bonchev–Trinajstić information content (AvgIpc) is 3.57. The third-order valence-electron chi connectivity index (χ3n) is 5.63. The van der Waals surface area contributed by atoms with E-state index in [0.29, 0.717) is 6.61 Å². The van der Waals surface area contributed by atoms with Gasteiger partial charge in [-0.25, -0.2) is 9.59 Å². The normalized spacial score (nSPS) is 25.4. The Morgan fingerprint density at radius 1 is 0.900 bits per heavy atom. The van der Waals surface area contributed by atoms with Crippen molar-refractivity contribution in [3.8, 4) is 0 Å². The van der Waals surface area contributed by atoms with Gasteiger partial charge in [-0.2, -0.15) is 0 Å². The molecule has 11 nitrogen and oxygen atoms in total.